The Morgan fingerprint density at radius 3 is 1.09 bits per heavy atom. The van der Waals surface area contributed by atoms with Crippen LogP contribution in [0.4, 0.5) is 68.2 Å². The fraction of sp³-hybridized carbons (Fsp3) is 0.104. The highest BCUT2D eigenvalue weighted by Gasteiger charge is 2.41. The average molecular weight is 1310 g/mol. The summed E-state index contributed by atoms with van der Waals surface area (Å²) in [6.45, 7) is 14.2. The number of nitriles is 2. The quantitative estimate of drug-likeness (QED) is 0.102. The van der Waals surface area contributed by atoms with Gasteiger partial charge in [0.2, 0.25) is 0 Å². The van der Waals surface area contributed by atoms with E-state index in [0.29, 0.717) is 11.1 Å². The molecular weight excluding hydrogens is 1240 g/mol. The second-order valence-corrected chi connectivity index (χ2v) is 28.9. The molecule has 2 aliphatic carbocycles. The molecule has 0 unspecified atom stereocenters. The molecule has 0 bridgehead atoms. The minimum Gasteiger partial charge on any atom is -0.310 e. The molecule has 15 aromatic rings. The van der Waals surface area contributed by atoms with Gasteiger partial charge in [-0.3, -0.25) is 0 Å². The number of para-hydroxylation sites is 3. The highest BCUT2D eigenvalue weighted by atomic mass is 15.2. The highest BCUT2D eigenvalue weighted by molar-refractivity contribution is 6.12. The maximum atomic E-state index is 9.98. The summed E-state index contributed by atoms with van der Waals surface area (Å²) in [7, 11) is 0. The zero-order valence-corrected chi connectivity index (χ0v) is 58.1. The third-order valence-electron chi connectivity index (χ3n) is 21.6. The van der Waals surface area contributed by atoms with E-state index in [9.17, 15) is 10.5 Å². The molecule has 15 aromatic carbocycles. The van der Waals surface area contributed by atoms with Crippen molar-refractivity contribution in [1.82, 2.24) is 0 Å². The second-order valence-electron chi connectivity index (χ2n) is 28.9. The molecule has 488 valence electrons. The minimum absolute atomic E-state index is 0.232. The number of rotatable bonds is 15. The van der Waals surface area contributed by atoms with Crippen molar-refractivity contribution in [3.63, 3.8) is 0 Å². The van der Waals surface area contributed by atoms with E-state index in [1.807, 2.05) is 24.3 Å². The molecular formula is C96H74N6. The molecule has 0 saturated carbocycles. The molecule has 0 aliphatic heterocycles. The summed E-state index contributed by atoms with van der Waals surface area (Å²) in [5, 5.41) is 26.9. The van der Waals surface area contributed by atoms with Crippen LogP contribution in [0.1, 0.15) is 86.1 Å². The maximum absolute atomic E-state index is 9.98. The molecule has 0 amide bonds. The van der Waals surface area contributed by atoms with Gasteiger partial charge in [-0.2, -0.15) is 10.5 Å². The lowest BCUT2D eigenvalue weighted by Gasteiger charge is -2.31. The van der Waals surface area contributed by atoms with E-state index in [1.54, 1.807) is 0 Å². The lowest BCUT2D eigenvalue weighted by Crippen LogP contribution is -2.21. The van der Waals surface area contributed by atoms with Crippen molar-refractivity contribution in [2.24, 2.45) is 0 Å². The predicted molar refractivity (Wildman–Crippen MR) is 425 cm³/mol. The summed E-state index contributed by atoms with van der Waals surface area (Å²) in [6, 6.07) is 123. The average Bonchev–Trinajstić information content (AvgIpc) is 1.54. The van der Waals surface area contributed by atoms with Gasteiger partial charge in [0.15, 0.2) is 0 Å². The Morgan fingerprint density at radius 2 is 0.637 bits per heavy atom. The lowest BCUT2D eigenvalue weighted by molar-refractivity contribution is 0.522. The molecule has 0 atom stereocenters. The number of hydrogen-bond donors (Lipinski definition) is 0. The standard InChI is InChI=1S/C96H74N6/c1-94(2,68-43-51-73(52-44-68)99(72-47-39-65(62-97)40-48-72)76-53-55-83-85(57-76)95(3,4)87-59-90(79-32-18-20-34-81(79)92(83)87)100(69-25-10-7-11-26-69)70-27-12-8-13-28-70)61-64-37-45-74(46-38-64)101(71-29-14-9-15-30-71)91-60-88-93(82-35-21-19-33-80(82)91)84-56-54-77(58-86(84)96(88,5)6)102(75-49-41-66(63-98)42-50-75)89-36-22-24-67-23-16-17-31-78(67)89/h7-60H,61H2,1-6H3. The van der Waals surface area contributed by atoms with E-state index in [2.05, 4.69) is 377 Å². The zero-order chi connectivity index (χ0) is 69.4. The van der Waals surface area contributed by atoms with Crippen molar-refractivity contribution in [1.29, 1.82) is 10.5 Å². The smallest absolute Gasteiger partial charge is 0.0991 e. The predicted octanol–water partition coefficient (Wildman–Crippen LogP) is 25.9. The summed E-state index contributed by atoms with van der Waals surface area (Å²) < 4.78 is 0. The summed E-state index contributed by atoms with van der Waals surface area (Å²) in [5.41, 5.74) is 25.8. The van der Waals surface area contributed by atoms with E-state index in [4.69, 9.17) is 0 Å². The Morgan fingerprint density at radius 1 is 0.294 bits per heavy atom. The van der Waals surface area contributed by atoms with Gasteiger partial charge in [-0.15, -0.1) is 0 Å². The number of benzene rings is 15. The maximum Gasteiger partial charge on any atom is 0.0991 e. The van der Waals surface area contributed by atoms with Gasteiger partial charge in [0.1, 0.15) is 0 Å². The normalized spacial score (nSPS) is 13.0. The SMILES string of the molecule is CC(C)(Cc1ccc(N(c2ccccc2)c2cc3c(c4ccccc24)-c2ccc(N(c4ccc(C#N)cc4)c4cccc5ccccc45)cc2C3(C)C)cc1)c1ccc(N(c2ccc(C#N)cc2)c2ccc3c(c2)C(C)(C)c2cc(N(c4ccccc4)c4ccccc4)c4ccccc4c2-3)cc1. The summed E-state index contributed by atoms with van der Waals surface area (Å²) >= 11 is 0. The molecule has 2 aliphatic rings. The second kappa shape index (κ2) is 24.9. The van der Waals surface area contributed by atoms with Gasteiger partial charge in [0.25, 0.3) is 0 Å². The van der Waals surface area contributed by atoms with E-state index in [1.165, 1.54) is 82.6 Å². The van der Waals surface area contributed by atoms with Gasteiger partial charge in [0, 0.05) is 78.2 Å². The Hall–Kier alpha value is -12.7. The number of anilines is 12. The third kappa shape index (κ3) is 10.6. The van der Waals surface area contributed by atoms with Crippen LogP contribution in [0, 0.1) is 22.7 Å². The molecule has 102 heavy (non-hydrogen) atoms. The van der Waals surface area contributed by atoms with Crippen LogP contribution in [0.15, 0.2) is 328 Å². The van der Waals surface area contributed by atoms with Gasteiger partial charge >= 0.3 is 0 Å². The van der Waals surface area contributed by atoms with Crippen LogP contribution in [-0.2, 0) is 22.7 Å². The zero-order valence-electron chi connectivity index (χ0n) is 58.1. The molecule has 6 heteroatoms. The van der Waals surface area contributed by atoms with Crippen molar-refractivity contribution < 1.29 is 0 Å². The highest BCUT2D eigenvalue weighted by Crippen LogP contribution is 2.58. The van der Waals surface area contributed by atoms with Crippen molar-refractivity contribution in [2.75, 3.05) is 19.6 Å². The lowest BCUT2D eigenvalue weighted by atomic mass is 9.79. The molecule has 0 fully saturated rings. The first-order valence-corrected chi connectivity index (χ1v) is 35.2. The van der Waals surface area contributed by atoms with Crippen molar-refractivity contribution in [3.8, 4) is 34.4 Å². The molecule has 17 rings (SSSR count). The van der Waals surface area contributed by atoms with Crippen LogP contribution in [0.5, 0.6) is 0 Å². The number of nitrogens with zero attached hydrogens (tertiary/aromatic N) is 6. The van der Waals surface area contributed by atoms with Crippen LogP contribution in [0.2, 0.25) is 0 Å². The topological polar surface area (TPSA) is 60.5 Å². The Kier molecular flexibility index (Phi) is 15.3. The van der Waals surface area contributed by atoms with Crippen LogP contribution >= 0.6 is 0 Å². The van der Waals surface area contributed by atoms with E-state index in [0.717, 1.165) is 80.1 Å². The number of hydrogen-bond acceptors (Lipinski definition) is 6. The fourth-order valence-corrected chi connectivity index (χ4v) is 16.4. The summed E-state index contributed by atoms with van der Waals surface area (Å²) in [5.74, 6) is 0. The van der Waals surface area contributed by atoms with E-state index < -0.39 is 0 Å². The molecule has 0 spiro atoms. The van der Waals surface area contributed by atoms with E-state index >= 15 is 0 Å². The monoisotopic (exact) mass is 1310 g/mol. The molecule has 6 nitrogen and oxygen atoms in total. The van der Waals surface area contributed by atoms with Crippen molar-refractivity contribution in [2.45, 2.75) is 64.2 Å². The molecule has 0 saturated heterocycles. The van der Waals surface area contributed by atoms with Gasteiger partial charge in [0.05, 0.1) is 40.3 Å². The van der Waals surface area contributed by atoms with E-state index in [-0.39, 0.29) is 16.2 Å². The summed E-state index contributed by atoms with van der Waals surface area (Å²) in [6.07, 6.45) is 0.821. The Bertz CT molecular complexity index is 5780. The molecule has 0 heterocycles. The summed E-state index contributed by atoms with van der Waals surface area (Å²) in [4.78, 5) is 9.53. The Labute approximate surface area is 597 Å². The molecule has 0 N–H and O–H groups in total. The van der Waals surface area contributed by atoms with Crippen LogP contribution in [-0.4, -0.2) is 0 Å². The van der Waals surface area contributed by atoms with Gasteiger partial charge < -0.3 is 19.6 Å². The molecule has 0 aromatic heterocycles. The fourth-order valence-electron chi connectivity index (χ4n) is 16.4. The van der Waals surface area contributed by atoms with Gasteiger partial charge in [-0.05, 0) is 235 Å². The first-order chi connectivity index (χ1) is 49.7. The third-order valence-corrected chi connectivity index (χ3v) is 21.6. The van der Waals surface area contributed by atoms with Crippen molar-refractivity contribution in [3.05, 3.63) is 372 Å². The van der Waals surface area contributed by atoms with Crippen LogP contribution in [0.25, 0.3) is 54.6 Å². The van der Waals surface area contributed by atoms with Gasteiger partial charge in [-0.1, -0.05) is 217 Å². The Balaban J connectivity index is 0.687. The minimum atomic E-state index is -0.379. The van der Waals surface area contributed by atoms with Crippen LogP contribution < -0.4 is 19.6 Å². The first kappa shape index (κ1) is 62.8. The van der Waals surface area contributed by atoms with Crippen LogP contribution in [0.3, 0.4) is 0 Å². The van der Waals surface area contributed by atoms with Gasteiger partial charge in [-0.25, -0.2) is 0 Å². The largest absolute Gasteiger partial charge is 0.310 e. The number of fused-ring (bicyclic) bond motifs is 11. The molecule has 0 radical (unpaired) electrons. The van der Waals surface area contributed by atoms with Crippen molar-refractivity contribution >= 4 is 101 Å². The first-order valence-electron chi connectivity index (χ1n) is 35.2.